The quantitative estimate of drug-likeness (QED) is 0.759. The van der Waals surface area contributed by atoms with Gasteiger partial charge in [-0.2, -0.15) is 8.78 Å². The molecule has 26 heavy (non-hydrogen) atoms. The van der Waals surface area contributed by atoms with Gasteiger partial charge in [-0.05, 0) is 29.5 Å². The molecule has 0 saturated carbocycles. The Bertz CT molecular complexity index is 767. The van der Waals surface area contributed by atoms with Crippen molar-refractivity contribution in [2.24, 2.45) is 5.92 Å². The second-order valence-electron chi connectivity index (χ2n) is 5.69. The van der Waals surface area contributed by atoms with Crippen molar-refractivity contribution < 1.29 is 27.5 Å². The average molecular weight is 386 g/mol. The van der Waals surface area contributed by atoms with E-state index in [9.17, 15) is 22.8 Å². The Morgan fingerprint density at radius 3 is 2.46 bits per heavy atom. The second kappa shape index (κ2) is 8.70. The number of nitrogens with one attached hydrogen (secondary N) is 2. The van der Waals surface area contributed by atoms with Gasteiger partial charge in [-0.15, -0.1) is 11.3 Å². The van der Waals surface area contributed by atoms with Crippen molar-refractivity contribution in [3.63, 3.8) is 0 Å². The van der Waals surface area contributed by atoms with Crippen LogP contribution in [0.1, 0.15) is 23.5 Å². The standard InChI is InChI=1S/C17H17F3N2O3S/c1-9(2)14(22-15(23)13-4-3-7-26-13)16(24)21-10-5-6-12(11(18)8-10)25-17(19)20/h3-9,14,17H,1-2H3,(H,21,24)(H,22,23). The first-order valence-electron chi connectivity index (χ1n) is 7.67. The Hall–Kier alpha value is -2.55. The predicted molar refractivity (Wildman–Crippen MR) is 92.1 cm³/mol. The van der Waals surface area contributed by atoms with Gasteiger partial charge in [0.1, 0.15) is 6.04 Å². The summed E-state index contributed by atoms with van der Waals surface area (Å²) in [5.74, 6) is -2.83. The van der Waals surface area contributed by atoms with Gasteiger partial charge >= 0.3 is 6.61 Å². The normalized spacial score (nSPS) is 12.1. The van der Waals surface area contributed by atoms with E-state index in [-0.39, 0.29) is 17.5 Å². The van der Waals surface area contributed by atoms with Crippen LogP contribution in [0.25, 0.3) is 0 Å². The molecule has 140 valence electrons. The van der Waals surface area contributed by atoms with Crippen LogP contribution < -0.4 is 15.4 Å². The van der Waals surface area contributed by atoms with E-state index >= 15 is 0 Å². The van der Waals surface area contributed by atoms with Crippen molar-refractivity contribution in [3.05, 3.63) is 46.4 Å². The smallest absolute Gasteiger partial charge is 0.387 e. The molecule has 0 aliphatic rings. The van der Waals surface area contributed by atoms with Crippen LogP contribution in [0.3, 0.4) is 0 Å². The molecule has 1 heterocycles. The first-order chi connectivity index (χ1) is 12.3. The van der Waals surface area contributed by atoms with Crippen LogP contribution in [0.15, 0.2) is 35.7 Å². The zero-order chi connectivity index (χ0) is 19.3. The third kappa shape index (κ3) is 5.22. The van der Waals surface area contributed by atoms with Crippen molar-refractivity contribution in [2.75, 3.05) is 5.32 Å². The largest absolute Gasteiger partial charge is 0.432 e. The SMILES string of the molecule is CC(C)C(NC(=O)c1cccs1)C(=O)Nc1ccc(OC(F)F)c(F)c1. The molecule has 5 nitrogen and oxygen atoms in total. The number of hydrogen-bond acceptors (Lipinski definition) is 4. The molecule has 2 amide bonds. The van der Waals surface area contributed by atoms with E-state index in [4.69, 9.17) is 0 Å². The van der Waals surface area contributed by atoms with Gasteiger partial charge in [0.05, 0.1) is 4.88 Å². The van der Waals surface area contributed by atoms with Crippen molar-refractivity contribution in [3.8, 4) is 5.75 Å². The van der Waals surface area contributed by atoms with Gasteiger partial charge in [-0.1, -0.05) is 19.9 Å². The van der Waals surface area contributed by atoms with Crippen LogP contribution in [0.4, 0.5) is 18.9 Å². The maximum Gasteiger partial charge on any atom is 0.387 e. The maximum absolute atomic E-state index is 13.7. The number of ether oxygens (including phenoxy) is 1. The third-order valence-electron chi connectivity index (χ3n) is 3.40. The molecule has 2 N–H and O–H groups in total. The Kier molecular flexibility index (Phi) is 6.62. The molecule has 1 aromatic heterocycles. The van der Waals surface area contributed by atoms with Gasteiger partial charge < -0.3 is 15.4 Å². The van der Waals surface area contributed by atoms with Crippen molar-refractivity contribution in [1.29, 1.82) is 0 Å². The van der Waals surface area contributed by atoms with Gasteiger partial charge in [0.15, 0.2) is 11.6 Å². The summed E-state index contributed by atoms with van der Waals surface area (Å²) in [6.45, 7) is 0.348. The van der Waals surface area contributed by atoms with Crippen molar-refractivity contribution >= 4 is 28.8 Å². The van der Waals surface area contributed by atoms with E-state index in [0.717, 1.165) is 12.1 Å². The summed E-state index contributed by atoms with van der Waals surface area (Å²) in [7, 11) is 0. The highest BCUT2D eigenvalue weighted by molar-refractivity contribution is 7.12. The molecule has 0 bridgehead atoms. The lowest BCUT2D eigenvalue weighted by Crippen LogP contribution is -2.46. The predicted octanol–water partition coefficient (Wildman–Crippen LogP) is 3.88. The molecule has 0 aliphatic carbocycles. The molecule has 1 atom stereocenters. The molecule has 0 saturated heterocycles. The number of carbonyl (C=O) groups excluding carboxylic acids is 2. The Morgan fingerprint density at radius 1 is 1.19 bits per heavy atom. The lowest BCUT2D eigenvalue weighted by molar-refractivity contribution is -0.118. The monoisotopic (exact) mass is 386 g/mol. The van der Waals surface area contributed by atoms with Crippen LogP contribution in [-0.2, 0) is 4.79 Å². The number of amides is 2. The number of thiophene rings is 1. The van der Waals surface area contributed by atoms with E-state index in [1.165, 1.54) is 17.4 Å². The lowest BCUT2D eigenvalue weighted by atomic mass is 10.0. The highest BCUT2D eigenvalue weighted by atomic mass is 32.1. The molecular weight excluding hydrogens is 369 g/mol. The summed E-state index contributed by atoms with van der Waals surface area (Å²) >= 11 is 1.24. The first kappa shape index (κ1) is 19.8. The number of hydrogen-bond donors (Lipinski definition) is 2. The van der Waals surface area contributed by atoms with E-state index in [1.54, 1.807) is 31.4 Å². The van der Waals surface area contributed by atoms with E-state index in [2.05, 4.69) is 15.4 Å². The molecule has 2 rings (SSSR count). The van der Waals surface area contributed by atoms with Gasteiger partial charge in [-0.25, -0.2) is 4.39 Å². The number of halogens is 3. The summed E-state index contributed by atoms with van der Waals surface area (Å²) in [5.41, 5.74) is 0.0603. The van der Waals surface area contributed by atoms with E-state index in [0.29, 0.717) is 4.88 Å². The molecule has 0 aliphatic heterocycles. The number of anilines is 1. The third-order valence-corrected chi connectivity index (χ3v) is 4.26. The fourth-order valence-electron chi connectivity index (χ4n) is 2.15. The summed E-state index contributed by atoms with van der Waals surface area (Å²) in [6.07, 6.45) is 0. The molecule has 1 aromatic carbocycles. The van der Waals surface area contributed by atoms with Gasteiger partial charge in [0.2, 0.25) is 5.91 Å². The highest BCUT2D eigenvalue weighted by Gasteiger charge is 2.25. The summed E-state index contributed by atoms with van der Waals surface area (Å²) in [4.78, 5) is 25.0. The Balaban J connectivity index is 2.07. The summed E-state index contributed by atoms with van der Waals surface area (Å²) in [5, 5.41) is 6.84. The summed E-state index contributed by atoms with van der Waals surface area (Å²) < 4.78 is 42.0. The Labute approximate surface area is 152 Å². The fraction of sp³-hybridized carbons (Fsp3) is 0.294. The van der Waals surface area contributed by atoms with Gasteiger partial charge in [0, 0.05) is 11.8 Å². The highest BCUT2D eigenvalue weighted by Crippen LogP contribution is 2.23. The molecule has 0 radical (unpaired) electrons. The van der Waals surface area contributed by atoms with E-state index in [1.807, 2.05) is 0 Å². The minimum atomic E-state index is -3.15. The molecule has 0 fully saturated rings. The number of alkyl halides is 2. The second-order valence-corrected chi connectivity index (χ2v) is 6.63. The Morgan fingerprint density at radius 2 is 1.92 bits per heavy atom. The molecule has 9 heteroatoms. The van der Waals surface area contributed by atoms with Crippen molar-refractivity contribution in [1.82, 2.24) is 5.32 Å². The van der Waals surface area contributed by atoms with Crippen LogP contribution >= 0.6 is 11.3 Å². The zero-order valence-corrected chi connectivity index (χ0v) is 14.8. The van der Waals surface area contributed by atoms with Crippen LogP contribution in [0, 0.1) is 11.7 Å². The first-order valence-corrected chi connectivity index (χ1v) is 8.55. The van der Waals surface area contributed by atoms with Gasteiger partial charge in [-0.3, -0.25) is 9.59 Å². The molecule has 1 unspecified atom stereocenters. The number of benzene rings is 1. The molecule has 0 spiro atoms. The van der Waals surface area contributed by atoms with Crippen LogP contribution in [-0.4, -0.2) is 24.5 Å². The van der Waals surface area contributed by atoms with Crippen LogP contribution in [0.5, 0.6) is 5.75 Å². The lowest BCUT2D eigenvalue weighted by Gasteiger charge is -2.21. The number of rotatable bonds is 7. The summed E-state index contributed by atoms with van der Waals surface area (Å²) in [6, 6.07) is 5.59. The van der Waals surface area contributed by atoms with Crippen LogP contribution in [0.2, 0.25) is 0 Å². The van der Waals surface area contributed by atoms with Gasteiger partial charge in [0.25, 0.3) is 5.91 Å². The molecular formula is C17H17F3N2O3S. The zero-order valence-electron chi connectivity index (χ0n) is 14.0. The minimum absolute atomic E-state index is 0.0603. The van der Waals surface area contributed by atoms with Crippen molar-refractivity contribution in [2.45, 2.75) is 26.5 Å². The minimum Gasteiger partial charge on any atom is -0.432 e. The fourth-order valence-corrected chi connectivity index (χ4v) is 2.77. The van der Waals surface area contributed by atoms with E-state index < -0.39 is 30.1 Å². The number of carbonyl (C=O) groups is 2. The topological polar surface area (TPSA) is 67.4 Å². The average Bonchev–Trinajstić information content (AvgIpc) is 3.08. The molecule has 2 aromatic rings. The maximum atomic E-state index is 13.7.